The molecule has 0 saturated carbocycles. The Morgan fingerprint density at radius 2 is 0.810 bits per heavy atom. The lowest BCUT2D eigenvalue weighted by atomic mass is 10.0. The van der Waals surface area contributed by atoms with Crippen molar-refractivity contribution in [1.29, 1.82) is 0 Å². The maximum Gasteiger partial charge on any atom is 0.0661 e. The third kappa shape index (κ3) is 5.82. The molecule has 0 aliphatic heterocycles. The normalized spacial score (nSPS) is 11.4. The largest absolute Gasteiger partial charge is 0.310 e. The zero-order valence-corrected chi connectivity index (χ0v) is 32.4. The summed E-state index contributed by atoms with van der Waals surface area (Å²) in [6, 6.07) is 81.0. The van der Waals surface area contributed by atoms with E-state index in [2.05, 4.69) is 239 Å². The molecular formula is C54H37N3S. The van der Waals surface area contributed by atoms with Gasteiger partial charge in [-0.1, -0.05) is 133 Å². The lowest BCUT2D eigenvalue weighted by molar-refractivity contribution is 1.18. The van der Waals surface area contributed by atoms with E-state index in [1.54, 1.807) is 0 Å². The molecule has 11 rings (SSSR count). The second-order valence-electron chi connectivity index (χ2n) is 14.6. The molecule has 11 aromatic rings. The predicted molar refractivity (Wildman–Crippen MR) is 248 cm³/mol. The van der Waals surface area contributed by atoms with Gasteiger partial charge in [-0.25, -0.2) is 0 Å². The number of thiophene rings is 1. The maximum atomic E-state index is 2.41. The van der Waals surface area contributed by atoms with Crippen LogP contribution >= 0.6 is 11.3 Å². The Kier molecular flexibility index (Phi) is 8.34. The smallest absolute Gasteiger partial charge is 0.0661 e. The molecule has 0 atom stereocenters. The molecule has 2 aromatic heterocycles. The van der Waals surface area contributed by atoms with Crippen LogP contribution in [-0.4, -0.2) is 4.57 Å². The van der Waals surface area contributed by atoms with E-state index in [1.165, 1.54) is 53.1 Å². The van der Waals surface area contributed by atoms with E-state index < -0.39 is 0 Å². The van der Waals surface area contributed by atoms with Crippen molar-refractivity contribution in [2.75, 3.05) is 9.80 Å². The number of anilines is 6. The van der Waals surface area contributed by atoms with Gasteiger partial charge in [0.1, 0.15) is 0 Å². The first kappa shape index (κ1) is 33.9. The third-order valence-electron chi connectivity index (χ3n) is 11.1. The van der Waals surface area contributed by atoms with Gasteiger partial charge >= 0.3 is 0 Å². The molecule has 0 saturated heterocycles. The molecule has 0 fully saturated rings. The van der Waals surface area contributed by atoms with Crippen LogP contribution in [0.1, 0.15) is 0 Å². The van der Waals surface area contributed by atoms with E-state index in [0.717, 1.165) is 39.8 Å². The number of benzene rings is 9. The summed E-state index contributed by atoms with van der Waals surface area (Å²) in [6.45, 7) is 0. The van der Waals surface area contributed by atoms with Gasteiger partial charge in [-0.15, -0.1) is 11.3 Å². The highest BCUT2D eigenvalue weighted by Gasteiger charge is 2.23. The summed E-state index contributed by atoms with van der Waals surface area (Å²) in [7, 11) is 0. The van der Waals surface area contributed by atoms with E-state index >= 15 is 0 Å². The van der Waals surface area contributed by atoms with E-state index in [4.69, 9.17) is 0 Å². The van der Waals surface area contributed by atoms with Crippen LogP contribution in [0.15, 0.2) is 224 Å². The molecular weight excluding hydrogens is 723 g/mol. The average molecular weight is 760 g/mol. The number of rotatable bonds is 8. The number of nitrogens with zero attached hydrogens (tertiary/aromatic N) is 3. The molecule has 2 heterocycles. The van der Waals surface area contributed by atoms with E-state index in [9.17, 15) is 0 Å². The van der Waals surface area contributed by atoms with Crippen LogP contribution in [0, 0.1) is 0 Å². The minimum Gasteiger partial charge on any atom is -0.310 e. The fraction of sp³-hybridized carbons (Fsp3) is 0. The molecule has 0 aliphatic rings. The molecule has 9 aromatic carbocycles. The monoisotopic (exact) mass is 759 g/mol. The van der Waals surface area contributed by atoms with Gasteiger partial charge in [-0.2, -0.15) is 0 Å². The molecule has 3 nitrogen and oxygen atoms in total. The Balaban J connectivity index is 1.15. The van der Waals surface area contributed by atoms with Crippen molar-refractivity contribution in [1.82, 2.24) is 4.57 Å². The average Bonchev–Trinajstić information content (AvgIpc) is 3.83. The van der Waals surface area contributed by atoms with Gasteiger partial charge in [0.2, 0.25) is 0 Å². The lowest BCUT2D eigenvalue weighted by Gasteiger charge is -2.30. The quantitative estimate of drug-likeness (QED) is 0.153. The molecule has 0 radical (unpaired) electrons. The maximum absolute atomic E-state index is 2.41. The minimum absolute atomic E-state index is 1.10. The third-order valence-corrected chi connectivity index (χ3v) is 12.3. The Morgan fingerprint density at radius 3 is 1.41 bits per heavy atom. The summed E-state index contributed by atoms with van der Waals surface area (Å²) in [5.41, 5.74) is 12.6. The van der Waals surface area contributed by atoms with Crippen LogP contribution in [0.2, 0.25) is 0 Å². The highest BCUT2D eigenvalue weighted by Crippen LogP contribution is 2.49. The Bertz CT molecular complexity index is 3130. The summed E-state index contributed by atoms with van der Waals surface area (Å²) >= 11 is 1.87. The lowest BCUT2D eigenvalue weighted by Crippen LogP contribution is -2.13. The number of hydrogen-bond acceptors (Lipinski definition) is 3. The number of para-hydroxylation sites is 6. The zero-order chi connectivity index (χ0) is 38.4. The summed E-state index contributed by atoms with van der Waals surface area (Å²) in [4.78, 5) is 4.78. The van der Waals surface area contributed by atoms with Crippen molar-refractivity contribution in [2.45, 2.75) is 0 Å². The Hall–Kier alpha value is -7.40. The topological polar surface area (TPSA) is 11.4 Å². The Morgan fingerprint density at radius 1 is 0.328 bits per heavy atom. The zero-order valence-electron chi connectivity index (χ0n) is 31.6. The number of fused-ring (bicyclic) bond motifs is 6. The molecule has 274 valence electrons. The first-order valence-corrected chi connectivity index (χ1v) is 20.5. The molecule has 0 N–H and O–H groups in total. The second-order valence-corrected chi connectivity index (χ2v) is 15.6. The van der Waals surface area contributed by atoms with Crippen molar-refractivity contribution in [3.8, 4) is 16.8 Å². The minimum atomic E-state index is 1.10. The van der Waals surface area contributed by atoms with Crippen molar-refractivity contribution >= 4 is 87.4 Å². The highest BCUT2D eigenvalue weighted by atomic mass is 32.1. The van der Waals surface area contributed by atoms with Gasteiger partial charge in [-0.05, 0) is 102 Å². The van der Waals surface area contributed by atoms with Crippen molar-refractivity contribution in [3.05, 3.63) is 224 Å². The summed E-state index contributed by atoms with van der Waals surface area (Å²) in [5.74, 6) is 0. The van der Waals surface area contributed by atoms with Crippen LogP contribution in [0.3, 0.4) is 0 Å². The van der Waals surface area contributed by atoms with E-state index in [0.29, 0.717) is 0 Å². The van der Waals surface area contributed by atoms with E-state index in [-0.39, 0.29) is 0 Å². The molecule has 0 aliphatic carbocycles. The SMILES string of the molecule is c1ccc(N(c2ccccc2)c2cc(N(c3ccccc3)c3ccccc3)c3sc4cc(-c5ccc6c7ccccc7n(-c7ccccc7)c6c5)ccc4c3c2)cc1. The molecule has 58 heavy (non-hydrogen) atoms. The fourth-order valence-corrected chi connectivity index (χ4v) is 9.74. The second kappa shape index (κ2) is 14.3. The van der Waals surface area contributed by atoms with Gasteiger partial charge < -0.3 is 14.4 Å². The molecule has 0 unspecified atom stereocenters. The van der Waals surface area contributed by atoms with Crippen LogP contribution in [0.4, 0.5) is 34.1 Å². The predicted octanol–water partition coefficient (Wildman–Crippen LogP) is 15.8. The molecule has 0 spiro atoms. The van der Waals surface area contributed by atoms with Crippen LogP contribution < -0.4 is 9.80 Å². The molecule has 0 amide bonds. The number of hydrogen-bond donors (Lipinski definition) is 0. The van der Waals surface area contributed by atoms with Gasteiger partial charge in [0.15, 0.2) is 0 Å². The summed E-state index contributed by atoms with van der Waals surface area (Å²) in [5, 5.41) is 4.99. The molecule has 0 bridgehead atoms. The van der Waals surface area contributed by atoms with Gasteiger partial charge in [0, 0.05) is 60.4 Å². The van der Waals surface area contributed by atoms with Crippen LogP contribution in [0.25, 0.3) is 58.8 Å². The van der Waals surface area contributed by atoms with Gasteiger partial charge in [-0.3, -0.25) is 0 Å². The Labute approximate surface area is 341 Å². The van der Waals surface area contributed by atoms with Gasteiger partial charge in [0.25, 0.3) is 0 Å². The number of aromatic nitrogens is 1. The summed E-state index contributed by atoms with van der Waals surface area (Å²) in [6.07, 6.45) is 0. The highest BCUT2D eigenvalue weighted by molar-refractivity contribution is 7.26. The standard InChI is InChI=1S/C54H37N3S/c1-6-18-40(19-7-1)55(41-20-8-2-9-21-41)45-36-49-48-33-31-39(38-30-32-47-46-28-16-17-29-50(46)57(51(47)34-38)44-26-14-5-15-27-44)35-53(48)58-54(49)52(37-45)56(42-22-10-3-11-23-42)43-24-12-4-13-25-43/h1-37H. The van der Waals surface area contributed by atoms with Crippen molar-refractivity contribution in [3.63, 3.8) is 0 Å². The first-order chi connectivity index (χ1) is 28.8. The van der Waals surface area contributed by atoms with E-state index in [1.807, 2.05) is 11.3 Å². The van der Waals surface area contributed by atoms with Gasteiger partial charge in [0.05, 0.1) is 21.4 Å². The van der Waals surface area contributed by atoms with Crippen molar-refractivity contribution < 1.29 is 0 Å². The first-order valence-electron chi connectivity index (χ1n) is 19.7. The van der Waals surface area contributed by atoms with Crippen molar-refractivity contribution in [2.24, 2.45) is 0 Å². The fourth-order valence-electron chi connectivity index (χ4n) is 8.51. The molecule has 4 heteroatoms. The van der Waals surface area contributed by atoms with Crippen LogP contribution in [-0.2, 0) is 0 Å². The summed E-state index contributed by atoms with van der Waals surface area (Å²) < 4.78 is 4.89. The van der Waals surface area contributed by atoms with Crippen LogP contribution in [0.5, 0.6) is 0 Å².